The van der Waals surface area contributed by atoms with Crippen LogP contribution in [0.25, 0.3) is 0 Å². The van der Waals surface area contributed by atoms with E-state index in [0.717, 1.165) is 45.6 Å². The zero-order chi connectivity index (χ0) is 16.1. The van der Waals surface area contributed by atoms with Crippen LogP contribution in [0.15, 0.2) is 18.3 Å². The second kappa shape index (κ2) is 7.75. The molecule has 0 saturated carbocycles. The lowest BCUT2D eigenvalue weighted by molar-refractivity contribution is 0.00940. The lowest BCUT2D eigenvalue weighted by atomic mass is 9.99. The summed E-state index contributed by atoms with van der Waals surface area (Å²) in [7, 11) is 0. The summed E-state index contributed by atoms with van der Waals surface area (Å²) in [5.74, 6) is 0.987. The van der Waals surface area contributed by atoms with Crippen molar-refractivity contribution in [3.63, 3.8) is 0 Å². The van der Waals surface area contributed by atoms with Crippen LogP contribution in [0, 0.1) is 5.92 Å². The van der Waals surface area contributed by atoms with Crippen LogP contribution in [0.2, 0.25) is 0 Å². The molecule has 2 aliphatic rings. The maximum atomic E-state index is 11.5. The van der Waals surface area contributed by atoms with Crippen LogP contribution in [-0.2, 0) is 4.74 Å². The highest BCUT2D eigenvalue weighted by molar-refractivity contribution is 5.97. The first-order valence-electron chi connectivity index (χ1n) is 8.56. The molecule has 126 valence electrons. The molecule has 6 nitrogen and oxygen atoms in total. The summed E-state index contributed by atoms with van der Waals surface area (Å²) >= 11 is 0. The van der Waals surface area contributed by atoms with Crippen LogP contribution < -0.4 is 16.0 Å². The highest BCUT2D eigenvalue weighted by atomic mass is 16.5. The van der Waals surface area contributed by atoms with Crippen molar-refractivity contribution < 1.29 is 9.53 Å². The van der Waals surface area contributed by atoms with Crippen molar-refractivity contribution in [3.05, 3.63) is 23.9 Å². The Balaban J connectivity index is 1.49. The molecule has 2 fully saturated rings. The molecule has 2 saturated heterocycles. The highest BCUT2D eigenvalue weighted by Gasteiger charge is 2.24. The van der Waals surface area contributed by atoms with E-state index in [0.29, 0.717) is 23.4 Å². The molecule has 23 heavy (non-hydrogen) atoms. The summed E-state index contributed by atoms with van der Waals surface area (Å²) in [5.41, 5.74) is 5.94. The first-order valence-corrected chi connectivity index (χ1v) is 8.56. The second-order valence-electron chi connectivity index (χ2n) is 6.45. The topological polar surface area (TPSA) is 80.5 Å². The minimum atomic E-state index is -0.419. The number of piperidine rings is 2. The summed E-state index contributed by atoms with van der Waals surface area (Å²) in [6.07, 6.45) is 6.41. The van der Waals surface area contributed by atoms with Gasteiger partial charge in [0.2, 0.25) is 0 Å². The monoisotopic (exact) mass is 318 g/mol. The van der Waals surface area contributed by atoms with Gasteiger partial charge in [-0.15, -0.1) is 0 Å². The largest absolute Gasteiger partial charge is 0.378 e. The summed E-state index contributed by atoms with van der Waals surface area (Å²) in [6, 6.07) is 3.49. The number of nitrogens with two attached hydrogens (primary N) is 1. The van der Waals surface area contributed by atoms with Crippen molar-refractivity contribution in [2.75, 3.05) is 37.7 Å². The Labute approximate surface area is 137 Å². The molecule has 0 aliphatic carbocycles. The molecule has 0 aromatic carbocycles. The van der Waals surface area contributed by atoms with Crippen LogP contribution in [0.1, 0.15) is 36.0 Å². The maximum Gasteiger partial charge on any atom is 0.252 e. The van der Waals surface area contributed by atoms with E-state index in [1.54, 1.807) is 18.3 Å². The van der Waals surface area contributed by atoms with E-state index in [9.17, 15) is 4.79 Å². The van der Waals surface area contributed by atoms with E-state index in [2.05, 4.69) is 15.2 Å². The molecule has 0 radical (unpaired) electrons. The molecule has 1 aromatic rings. The van der Waals surface area contributed by atoms with E-state index in [1.807, 2.05) is 0 Å². The van der Waals surface area contributed by atoms with E-state index < -0.39 is 5.91 Å². The van der Waals surface area contributed by atoms with Gasteiger partial charge in [-0.1, -0.05) is 0 Å². The Kier molecular flexibility index (Phi) is 5.46. The van der Waals surface area contributed by atoms with Crippen LogP contribution in [0.3, 0.4) is 0 Å². The fourth-order valence-corrected chi connectivity index (χ4v) is 3.40. The van der Waals surface area contributed by atoms with Gasteiger partial charge in [0.1, 0.15) is 5.82 Å². The number of anilines is 1. The molecular formula is C17H26N4O2. The van der Waals surface area contributed by atoms with Crippen molar-refractivity contribution in [2.24, 2.45) is 11.7 Å². The van der Waals surface area contributed by atoms with Crippen LogP contribution in [-0.4, -0.2) is 49.8 Å². The summed E-state index contributed by atoms with van der Waals surface area (Å²) < 4.78 is 6.12. The van der Waals surface area contributed by atoms with Gasteiger partial charge in [0.25, 0.3) is 5.91 Å². The predicted molar refractivity (Wildman–Crippen MR) is 89.5 cm³/mol. The molecule has 3 rings (SSSR count). The Hall–Kier alpha value is -1.66. The molecule has 1 aromatic heterocycles. The summed E-state index contributed by atoms with van der Waals surface area (Å²) in [6.45, 7) is 4.81. The number of hydrogen-bond acceptors (Lipinski definition) is 5. The van der Waals surface area contributed by atoms with Gasteiger partial charge >= 0.3 is 0 Å². The van der Waals surface area contributed by atoms with Gasteiger partial charge in [0, 0.05) is 25.9 Å². The molecule has 0 spiro atoms. The number of carbonyl (C=O) groups is 1. The number of rotatable bonds is 5. The smallest absolute Gasteiger partial charge is 0.252 e. The average Bonchev–Trinajstić information content (AvgIpc) is 2.61. The number of primary amides is 1. The number of pyridine rings is 1. The Morgan fingerprint density at radius 1 is 1.30 bits per heavy atom. The lowest BCUT2D eigenvalue weighted by Crippen LogP contribution is -2.39. The number of hydrogen-bond donors (Lipinski definition) is 2. The molecule has 0 unspecified atom stereocenters. The fourth-order valence-electron chi connectivity index (χ4n) is 3.40. The number of nitrogens with one attached hydrogen (secondary N) is 1. The van der Waals surface area contributed by atoms with E-state index in [1.165, 1.54) is 12.8 Å². The van der Waals surface area contributed by atoms with Crippen molar-refractivity contribution in [1.82, 2.24) is 10.3 Å². The molecule has 3 N–H and O–H groups in total. The third-order valence-corrected chi connectivity index (χ3v) is 4.82. The van der Waals surface area contributed by atoms with Gasteiger partial charge in [0.15, 0.2) is 0 Å². The molecule has 1 amide bonds. The van der Waals surface area contributed by atoms with Gasteiger partial charge in [-0.3, -0.25) is 4.79 Å². The minimum absolute atomic E-state index is 0.321. The predicted octanol–water partition coefficient (Wildman–Crippen LogP) is 1.17. The quantitative estimate of drug-likeness (QED) is 0.852. The van der Waals surface area contributed by atoms with Gasteiger partial charge in [-0.05, 0) is 56.8 Å². The number of nitrogens with zero attached hydrogens (tertiary/aromatic N) is 2. The average molecular weight is 318 g/mol. The van der Waals surface area contributed by atoms with Crippen LogP contribution >= 0.6 is 0 Å². The van der Waals surface area contributed by atoms with Crippen LogP contribution in [0.5, 0.6) is 0 Å². The van der Waals surface area contributed by atoms with Crippen molar-refractivity contribution in [1.29, 1.82) is 0 Å². The SMILES string of the molecule is NC(=O)c1cccnc1N1CCC(OCC2CCNCC2)CC1. The van der Waals surface area contributed by atoms with E-state index in [-0.39, 0.29) is 0 Å². The van der Waals surface area contributed by atoms with Gasteiger partial charge in [0.05, 0.1) is 11.7 Å². The molecule has 0 bridgehead atoms. The van der Waals surface area contributed by atoms with Gasteiger partial charge in [-0.25, -0.2) is 4.98 Å². The lowest BCUT2D eigenvalue weighted by Gasteiger charge is -2.34. The normalized spacial score (nSPS) is 20.6. The van der Waals surface area contributed by atoms with Crippen LogP contribution in [0.4, 0.5) is 5.82 Å². The Morgan fingerprint density at radius 3 is 2.74 bits per heavy atom. The number of ether oxygens (including phenoxy) is 1. The van der Waals surface area contributed by atoms with Gasteiger partial charge < -0.3 is 20.7 Å². The van der Waals surface area contributed by atoms with Crippen molar-refractivity contribution in [3.8, 4) is 0 Å². The Morgan fingerprint density at radius 2 is 2.04 bits per heavy atom. The maximum absolute atomic E-state index is 11.5. The minimum Gasteiger partial charge on any atom is -0.378 e. The molecule has 3 heterocycles. The summed E-state index contributed by atoms with van der Waals surface area (Å²) in [4.78, 5) is 18.0. The standard InChI is InChI=1S/C17H26N4O2/c18-16(22)15-2-1-7-20-17(15)21-10-5-14(6-11-21)23-12-13-3-8-19-9-4-13/h1-2,7,13-14,19H,3-6,8-12H2,(H2,18,22). The second-order valence-corrected chi connectivity index (χ2v) is 6.45. The van der Waals surface area contributed by atoms with Crippen molar-refractivity contribution >= 4 is 11.7 Å². The highest BCUT2D eigenvalue weighted by Crippen LogP contribution is 2.23. The first kappa shape index (κ1) is 16.2. The first-order chi connectivity index (χ1) is 11.2. The molecule has 2 aliphatic heterocycles. The molecule has 0 atom stereocenters. The van der Waals surface area contributed by atoms with E-state index >= 15 is 0 Å². The fraction of sp³-hybridized carbons (Fsp3) is 0.647. The zero-order valence-corrected chi connectivity index (χ0v) is 13.5. The van der Waals surface area contributed by atoms with Gasteiger partial charge in [-0.2, -0.15) is 0 Å². The number of carbonyl (C=O) groups excluding carboxylic acids is 1. The zero-order valence-electron chi connectivity index (χ0n) is 13.5. The van der Waals surface area contributed by atoms with E-state index in [4.69, 9.17) is 10.5 Å². The third kappa shape index (κ3) is 4.20. The summed E-state index contributed by atoms with van der Waals surface area (Å²) in [5, 5.41) is 3.38. The van der Waals surface area contributed by atoms with Crippen molar-refractivity contribution in [2.45, 2.75) is 31.8 Å². The number of aromatic nitrogens is 1. The Bertz CT molecular complexity index is 523. The third-order valence-electron chi connectivity index (χ3n) is 4.82. The molecular weight excluding hydrogens is 292 g/mol. The molecule has 6 heteroatoms. The number of amides is 1.